The van der Waals surface area contributed by atoms with Crippen LogP contribution in [-0.4, -0.2) is 44.3 Å². The summed E-state index contributed by atoms with van der Waals surface area (Å²) in [5, 5.41) is 13.6. The molecule has 0 bridgehead atoms. The number of hydrogen-bond acceptors (Lipinski definition) is 6. The largest absolute Gasteiger partial charge is 3.00 e. The maximum atomic E-state index is 4.60. The molecule has 0 fully saturated rings. The minimum absolute atomic E-state index is 0. The van der Waals surface area contributed by atoms with Gasteiger partial charge in [-0.2, -0.15) is 15.3 Å². The van der Waals surface area contributed by atoms with E-state index in [2.05, 4.69) is 178 Å². The average Bonchev–Trinajstić information content (AvgIpc) is 4.16. The van der Waals surface area contributed by atoms with E-state index in [0.717, 1.165) is 106 Å². The zero-order valence-corrected chi connectivity index (χ0v) is 40.1. The molecule has 330 valence electrons. The molecular formula is C57H48IrN9. The standard InChI is InChI=1S/C57H48N9.Ir/c1-40-10-4-7-13-52(40)64-55(58-37-61-64)49-28-22-43(23-29-49)16-19-46-34-47(20-17-44-24-30-50(31-25-44)56-59-38-62-65(56)53-14-8-5-11-41(53)2)36-48(35-46)21-18-45-26-32-51(33-27-45)57-60-39-63-66(57)54-15-9-6-12-42(54)3;/h4-15,22-28,30,32,34-39H,16-21H2,1-3H3;/q-3;+3. The zero-order valence-electron chi connectivity index (χ0n) is 37.7. The van der Waals surface area contributed by atoms with Gasteiger partial charge in [0.1, 0.15) is 19.0 Å². The predicted octanol–water partition coefficient (Wildman–Crippen LogP) is 11.1. The number of aryl methyl sites for hydroxylation is 9. The van der Waals surface area contributed by atoms with Gasteiger partial charge in [0.05, 0.1) is 34.5 Å². The van der Waals surface area contributed by atoms with Crippen LogP contribution in [0.15, 0.2) is 165 Å². The first-order chi connectivity index (χ1) is 32.4. The number of aromatic nitrogens is 9. The number of benzene rings is 7. The summed E-state index contributed by atoms with van der Waals surface area (Å²) >= 11 is 0. The van der Waals surface area contributed by atoms with Crippen molar-refractivity contribution in [1.29, 1.82) is 0 Å². The number of nitrogens with zero attached hydrogens (tertiary/aromatic N) is 9. The van der Waals surface area contributed by atoms with Crippen molar-refractivity contribution in [3.8, 4) is 51.2 Å². The molecule has 0 saturated carbocycles. The van der Waals surface area contributed by atoms with Crippen molar-refractivity contribution in [1.82, 2.24) is 44.3 Å². The van der Waals surface area contributed by atoms with Gasteiger partial charge in [-0.05, 0) is 91.6 Å². The van der Waals surface area contributed by atoms with Gasteiger partial charge in [-0.1, -0.05) is 92.1 Å². The van der Waals surface area contributed by atoms with Crippen molar-refractivity contribution in [2.24, 2.45) is 0 Å². The molecule has 10 heteroatoms. The Morgan fingerprint density at radius 2 is 0.642 bits per heavy atom. The van der Waals surface area contributed by atoms with E-state index >= 15 is 0 Å². The van der Waals surface area contributed by atoms with Crippen LogP contribution in [0.4, 0.5) is 0 Å². The van der Waals surface area contributed by atoms with Crippen molar-refractivity contribution >= 4 is 0 Å². The van der Waals surface area contributed by atoms with Gasteiger partial charge in [-0.25, -0.2) is 0 Å². The molecule has 0 aliphatic rings. The van der Waals surface area contributed by atoms with E-state index in [0.29, 0.717) is 0 Å². The van der Waals surface area contributed by atoms with E-state index < -0.39 is 0 Å². The first-order valence-corrected chi connectivity index (χ1v) is 22.5. The Morgan fingerprint density at radius 1 is 0.358 bits per heavy atom. The topological polar surface area (TPSA) is 92.1 Å². The van der Waals surface area contributed by atoms with Crippen LogP contribution in [0.1, 0.15) is 50.1 Å². The van der Waals surface area contributed by atoms with Crippen molar-refractivity contribution in [3.05, 3.63) is 233 Å². The number of hydrogen-bond donors (Lipinski definition) is 0. The van der Waals surface area contributed by atoms with Crippen LogP contribution in [0.5, 0.6) is 0 Å². The molecule has 0 amide bonds. The summed E-state index contributed by atoms with van der Waals surface area (Å²) in [4.78, 5) is 13.8. The monoisotopic (exact) mass is 1050 g/mol. The molecule has 10 aromatic rings. The third-order valence-electron chi connectivity index (χ3n) is 12.2. The summed E-state index contributed by atoms with van der Waals surface area (Å²) in [6.45, 7) is 6.27. The van der Waals surface area contributed by atoms with E-state index in [1.165, 1.54) is 33.4 Å². The minimum atomic E-state index is 0. The molecule has 67 heavy (non-hydrogen) atoms. The first kappa shape index (κ1) is 44.8. The molecule has 0 saturated heterocycles. The van der Waals surface area contributed by atoms with Crippen LogP contribution >= 0.6 is 0 Å². The summed E-state index contributed by atoms with van der Waals surface area (Å²) in [6, 6.07) is 61.6. The third-order valence-corrected chi connectivity index (χ3v) is 12.2. The molecule has 0 aliphatic heterocycles. The van der Waals surface area contributed by atoms with Gasteiger partial charge in [0.2, 0.25) is 0 Å². The number of para-hydroxylation sites is 3. The van der Waals surface area contributed by atoms with Crippen molar-refractivity contribution in [2.45, 2.75) is 59.3 Å². The van der Waals surface area contributed by atoms with Crippen LogP contribution in [-0.2, 0) is 58.6 Å². The molecule has 9 nitrogen and oxygen atoms in total. The minimum Gasteiger partial charge on any atom is -0.264 e. The van der Waals surface area contributed by atoms with Crippen LogP contribution in [0, 0.1) is 39.0 Å². The van der Waals surface area contributed by atoms with Crippen LogP contribution < -0.4 is 0 Å². The molecule has 7 aromatic carbocycles. The Balaban J connectivity index is 0.00000562. The molecule has 0 N–H and O–H groups in total. The van der Waals surface area contributed by atoms with Gasteiger partial charge >= 0.3 is 20.1 Å². The Morgan fingerprint density at radius 3 is 0.910 bits per heavy atom. The molecular weight excluding hydrogens is 1000 g/mol. The van der Waals surface area contributed by atoms with E-state index in [1.807, 2.05) is 50.4 Å². The van der Waals surface area contributed by atoms with Gasteiger partial charge in [0.25, 0.3) is 0 Å². The van der Waals surface area contributed by atoms with Crippen molar-refractivity contribution in [3.63, 3.8) is 0 Å². The smallest absolute Gasteiger partial charge is 0.264 e. The normalized spacial score (nSPS) is 11.1. The fourth-order valence-electron chi connectivity index (χ4n) is 8.60. The van der Waals surface area contributed by atoms with Crippen LogP contribution in [0.3, 0.4) is 0 Å². The Bertz CT molecular complexity index is 2880. The molecule has 3 heterocycles. The van der Waals surface area contributed by atoms with Gasteiger partial charge in [-0.3, -0.25) is 29.0 Å². The third kappa shape index (κ3) is 10.1. The van der Waals surface area contributed by atoms with Gasteiger partial charge in [0, 0.05) is 0 Å². The quantitative estimate of drug-likeness (QED) is 0.0950. The summed E-state index contributed by atoms with van der Waals surface area (Å²) in [7, 11) is 0. The van der Waals surface area contributed by atoms with Crippen molar-refractivity contribution in [2.75, 3.05) is 0 Å². The van der Waals surface area contributed by atoms with Crippen molar-refractivity contribution < 1.29 is 20.1 Å². The van der Waals surface area contributed by atoms with Gasteiger partial charge in [0.15, 0.2) is 0 Å². The summed E-state index contributed by atoms with van der Waals surface area (Å²) in [6.07, 6.45) is 10.3. The zero-order chi connectivity index (χ0) is 44.8. The average molecular weight is 1050 g/mol. The second-order valence-electron chi connectivity index (χ2n) is 16.8. The second-order valence-corrected chi connectivity index (χ2v) is 16.8. The molecule has 0 spiro atoms. The van der Waals surface area contributed by atoms with Gasteiger partial charge < -0.3 is 0 Å². The predicted molar refractivity (Wildman–Crippen MR) is 260 cm³/mol. The molecule has 0 aliphatic carbocycles. The Kier molecular flexibility index (Phi) is 13.6. The van der Waals surface area contributed by atoms with E-state index in [9.17, 15) is 0 Å². The van der Waals surface area contributed by atoms with Crippen LogP contribution in [0.2, 0.25) is 0 Å². The van der Waals surface area contributed by atoms with Crippen LogP contribution in [0.25, 0.3) is 51.2 Å². The molecule has 0 unspecified atom stereocenters. The molecule has 3 aromatic heterocycles. The molecule has 10 rings (SSSR count). The summed E-state index contributed by atoms with van der Waals surface area (Å²) < 4.78 is 5.68. The summed E-state index contributed by atoms with van der Waals surface area (Å²) in [5.41, 5.74) is 16.9. The van der Waals surface area contributed by atoms with E-state index in [4.69, 9.17) is 0 Å². The first-order valence-electron chi connectivity index (χ1n) is 22.5. The SMILES string of the molecule is Cc1ccccc1-n1ncnc1-c1[c-]cc(CCc2cc(CCc3c[c-]c(-c4ncnn4-c4ccccc4C)cc3)cc(CCc3c[c-]c(-c4ncnn4-c4ccccc4C)cc3)c2)cc1.[Ir+3]. The maximum Gasteiger partial charge on any atom is 3.00 e. The van der Waals surface area contributed by atoms with E-state index in [1.54, 1.807) is 19.0 Å². The fraction of sp³-hybridized carbons (Fsp3) is 0.158. The summed E-state index contributed by atoms with van der Waals surface area (Å²) in [5.74, 6) is 2.34. The second kappa shape index (κ2) is 20.4. The molecule has 0 radical (unpaired) electrons. The maximum absolute atomic E-state index is 4.60. The van der Waals surface area contributed by atoms with Gasteiger partial charge in [-0.15, -0.1) is 106 Å². The molecule has 0 atom stereocenters. The Hall–Kier alpha value is -7.39. The Labute approximate surface area is 405 Å². The van der Waals surface area contributed by atoms with E-state index in [-0.39, 0.29) is 20.1 Å². The number of rotatable bonds is 15. The fourth-order valence-corrected chi connectivity index (χ4v) is 8.60.